The normalized spacial score (nSPS) is 14.6. The molecule has 40 heavy (non-hydrogen) atoms. The summed E-state index contributed by atoms with van der Waals surface area (Å²) in [5, 5.41) is 2.73. The lowest BCUT2D eigenvalue weighted by atomic mass is 9.99. The second-order valence-electron chi connectivity index (χ2n) is 9.37. The lowest BCUT2D eigenvalue weighted by Crippen LogP contribution is -2.30. The van der Waals surface area contributed by atoms with Crippen molar-refractivity contribution < 1.29 is 14.4 Å². The highest BCUT2D eigenvalue weighted by atomic mass is 16.7. The van der Waals surface area contributed by atoms with Crippen LogP contribution in [0.4, 0.5) is 4.79 Å². The number of carbonyl (C=O) groups is 1. The van der Waals surface area contributed by atoms with Gasteiger partial charge in [-0.2, -0.15) is 0 Å². The fourth-order valence-corrected chi connectivity index (χ4v) is 4.66. The van der Waals surface area contributed by atoms with Crippen LogP contribution in [0, 0.1) is 0 Å². The Labute approximate surface area is 231 Å². The molecule has 0 radical (unpaired) electrons. The van der Waals surface area contributed by atoms with Gasteiger partial charge in [-0.1, -0.05) is 50.6 Å². The predicted octanol–water partition coefficient (Wildman–Crippen LogP) is 3.83. The molecule has 1 aliphatic rings. The maximum atomic E-state index is 13.9. The number of methoxy groups -OCH3 is 1. The largest absolute Gasteiger partial charge is 0.494 e. The average Bonchev–Trinajstić information content (AvgIpc) is 3.43. The summed E-state index contributed by atoms with van der Waals surface area (Å²) in [5.41, 5.74) is 7.21. The zero-order valence-electron chi connectivity index (χ0n) is 22.7. The van der Waals surface area contributed by atoms with E-state index < -0.39 is 12.3 Å². The van der Waals surface area contributed by atoms with Gasteiger partial charge in [-0.25, -0.2) is 24.3 Å². The van der Waals surface area contributed by atoms with E-state index in [0.29, 0.717) is 36.4 Å². The Balaban J connectivity index is 1.50. The molecule has 1 unspecified atom stereocenters. The summed E-state index contributed by atoms with van der Waals surface area (Å²) in [7, 11) is 1.54. The number of hydrogen-bond donors (Lipinski definition) is 2. The average molecular weight is 542 g/mol. The molecule has 2 N–H and O–H groups in total. The Hall–Kier alpha value is -4.64. The van der Waals surface area contributed by atoms with Crippen molar-refractivity contribution in [1.82, 2.24) is 35.3 Å². The first-order chi connectivity index (χ1) is 19.5. The van der Waals surface area contributed by atoms with Crippen molar-refractivity contribution in [1.29, 1.82) is 0 Å². The van der Waals surface area contributed by atoms with Crippen LogP contribution >= 0.6 is 0 Å². The Bertz CT molecular complexity index is 1550. The van der Waals surface area contributed by atoms with Gasteiger partial charge >= 0.3 is 6.09 Å². The first-order valence-corrected chi connectivity index (χ1v) is 13.3. The van der Waals surface area contributed by atoms with Crippen LogP contribution in [0.3, 0.4) is 0 Å². The van der Waals surface area contributed by atoms with E-state index in [4.69, 9.17) is 19.5 Å². The van der Waals surface area contributed by atoms with Gasteiger partial charge in [0.25, 0.3) is 5.56 Å². The summed E-state index contributed by atoms with van der Waals surface area (Å²) in [6.07, 6.45) is 7.39. The van der Waals surface area contributed by atoms with E-state index in [1.807, 2.05) is 43.3 Å². The molecule has 11 heteroatoms. The first kappa shape index (κ1) is 26.9. The van der Waals surface area contributed by atoms with E-state index >= 15 is 0 Å². The van der Waals surface area contributed by atoms with Gasteiger partial charge < -0.3 is 9.57 Å². The number of hydroxylamine groups is 1. The number of rotatable bonds is 10. The standard InChI is InChI=1S/C29H31N7O4/c1-4-6-11-24-22(27(37)36(25(5-2)33-24)28-31-16-19(39-3)17-32-28)14-18-12-13-23(30-15-18)20-9-7-8-10-21(20)26-34-29(38)40-35-26/h7-10,12-13,15-17,26,35H,4-6,11,14H2,1-3H3,(H,34,38). The number of unbranched alkanes of at least 4 members (excludes halogenated alkanes) is 1. The van der Waals surface area contributed by atoms with Crippen molar-refractivity contribution in [2.45, 2.75) is 52.1 Å². The minimum atomic E-state index is -0.532. The number of benzene rings is 1. The molecule has 1 saturated heterocycles. The van der Waals surface area contributed by atoms with Crippen LogP contribution in [-0.4, -0.2) is 37.7 Å². The molecule has 0 saturated carbocycles. The van der Waals surface area contributed by atoms with E-state index in [2.05, 4.69) is 27.7 Å². The number of ether oxygens (including phenoxy) is 1. The minimum absolute atomic E-state index is 0.180. The molecule has 5 rings (SSSR count). The minimum Gasteiger partial charge on any atom is -0.494 e. The molecule has 1 atom stereocenters. The monoisotopic (exact) mass is 541 g/mol. The topological polar surface area (TPSA) is 133 Å². The number of pyridine rings is 1. The number of carbonyl (C=O) groups excluding carboxylic acids is 1. The number of aryl methyl sites for hydroxylation is 2. The molecule has 4 aromatic rings. The van der Waals surface area contributed by atoms with Crippen molar-refractivity contribution in [3.8, 4) is 23.0 Å². The maximum absolute atomic E-state index is 13.9. The lowest BCUT2D eigenvalue weighted by molar-refractivity contribution is 0.122. The fourth-order valence-electron chi connectivity index (χ4n) is 4.66. The summed E-state index contributed by atoms with van der Waals surface area (Å²) in [6.45, 7) is 4.08. The molecule has 0 spiro atoms. The van der Waals surface area contributed by atoms with Gasteiger partial charge in [0.2, 0.25) is 5.95 Å². The van der Waals surface area contributed by atoms with Crippen LogP contribution in [0.25, 0.3) is 17.2 Å². The lowest BCUT2D eigenvalue weighted by Gasteiger charge is -2.16. The predicted molar refractivity (Wildman–Crippen MR) is 148 cm³/mol. The van der Waals surface area contributed by atoms with E-state index in [1.54, 1.807) is 13.3 Å². The van der Waals surface area contributed by atoms with Crippen molar-refractivity contribution in [2.75, 3.05) is 7.11 Å². The Morgan fingerprint density at radius 2 is 1.82 bits per heavy atom. The quantitative estimate of drug-likeness (QED) is 0.307. The molecular formula is C29H31N7O4. The SMILES string of the molecule is CCCCc1nc(CC)n(-c2ncc(OC)cn2)c(=O)c1Cc1ccc(-c2ccccc2C2NOC(=O)N2)nc1. The van der Waals surface area contributed by atoms with Crippen molar-refractivity contribution in [3.05, 3.63) is 93.6 Å². The molecule has 0 bridgehead atoms. The number of nitrogens with one attached hydrogen (secondary N) is 2. The van der Waals surface area contributed by atoms with Crippen LogP contribution in [0.15, 0.2) is 59.8 Å². The molecule has 206 valence electrons. The summed E-state index contributed by atoms with van der Waals surface area (Å²) in [6, 6.07) is 11.5. The van der Waals surface area contributed by atoms with Crippen molar-refractivity contribution in [3.63, 3.8) is 0 Å². The van der Waals surface area contributed by atoms with Crippen LogP contribution in [-0.2, 0) is 24.1 Å². The molecule has 4 heterocycles. The fraction of sp³-hybridized carbons (Fsp3) is 0.310. The molecule has 1 fully saturated rings. The highest BCUT2D eigenvalue weighted by molar-refractivity contribution is 5.71. The van der Waals surface area contributed by atoms with Gasteiger partial charge in [0.05, 0.1) is 30.9 Å². The molecule has 1 aromatic carbocycles. The molecule has 11 nitrogen and oxygen atoms in total. The summed E-state index contributed by atoms with van der Waals surface area (Å²) >= 11 is 0. The van der Waals surface area contributed by atoms with Crippen molar-refractivity contribution in [2.24, 2.45) is 0 Å². The van der Waals surface area contributed by atoms with E-state index in [1.165, 1.54) is 17.0 Å². The zero-order valence-corrected chi connectivity index (χ0v) is 22.7. The van der Waals surface area contributed by atoms with E-state index in [-0.39, 0.29) is 11.5 Å². The highest BCUT2D eigenvalue weighted by Gasteiger charge is 2.26. The first-order valence-electron chi connectivity index (χ1n) is 13.3. The van der Waals surface area contributed by atoms with Gasteiger partial charge in [0.1, 0.15) is 12.0 Å². The van der Waals surface area contributed by atoms with Crippen LogP contribution in [0.5, 0.6) is 5.75 Å². The van der Waals surface area contributed by atoms with Crippen LogP contribution in [0.1, 0.15) is 61.1 Å². The van der Waals surface area contributed by atoms with E-state index in [0.717, 1.165) is 40.9 Å². The molecule has 1 amide bonds. The van der Waals surface area contributed by atoms with E-state index in [9.17, 15) is 9.59 Å². The van der Waals surface area contributed by atoms with Crippen molar-refractivity contribution >= 4 is 6.09 Å². The van der Waals surface area contributed by atoms with Gasteiger partial charge in [0.15, 0.2) is 5.75 Å². The van der Waals surface area contributed by atoms with Crippen LogP contribution < -0.4 is 21.1 Å². The number of nitrogens with zero attached hydrogens (tertiary/aromatic N) is 5. The third-order valence-electron chi connectivity index (χ3n) is 6.75. The number of aromatic nitrogens is 5. The third-order valence-corrected chi connectivity index (χ3v) is 6.75. The Morgan fingerprint density at radius 1 is 1.02 bits per heavy atom. The molecule has 3 aromatic heterocycles. The maximum Gasteiger partial charge on any atom is 0.427 e. The molecular weight excluding hydrogens is 510 g/mol. The molecule has 0 aliphatic carbocycles. The summed E-state index contributed by atoms with van der Waals surface area (Å²) in [5.74, 6) is 1.39. The van der Waals surface area contributed by atoms with Gasteiger partial charge in [-0.15, -0.1) is 5.48 Å². The Kier molecular flexibility index (Phi) is 8.11. The third kappa shape index (κ3) is 5.55. The van der Waals surface area contributed by atoms with Gasteiger partial charge in [-0.05, 0) is 24.5 Å². The Morgan fingerprint density at radius 3 is 2.48 bits per heavy atom. The second-order valence-corrected chi connectivity index (χ2v) is 9.37. The number of hydrogen-bond acceptors (Lipinski definition) is 9. The number of amides is 1. The van der Waals surface area contributed by atoms with Gasteiger partial charge in [0, 0.05) is 35.7 Å². The van der Waals surface area contributed by atoms with Gasteiger partial charge in [-0.3, -0.25) is 15.1 Å². The summed E-state index contributed by atoms with van der Waals surface area (Å²) in [4.78, 5) is 48.6. The second kappa shape index (κ2) is 12.0. The van der Waals surface area contributed by atoms with Crippen LogP contribution in [0.2, 0.25) is 0 Å². The smallest absolute Gasteiger partial charge is 0.427 e. The zero-order chi connectivity index (χ0) is 28.1. The highest BCUT2D eigenvalue weighted by Crippen LogP contribution is 2.27. The molecule has 1 aliphatic heterocycles. The summed E-state index contributed by atoms with van der Waals surface area (Å²) < 4.78 is 6.67.